The van der Waals surface area contributed by atoms with Gasteiger partial charge in [0.25, 0.3) is 5.91 Å². The van der Waals surface area contributed by atoms with Crippen molar-refractivity contribution < 1.29 is 7.86 Å². The topological polar surface area (TPSA) is 71.1 Å². The summed E-state index contributed by atoms with van der Waals surface area (Å²) in [6.07, 6.45) is 0. The molecule has 0 spiro atoms. The van der Waals surface area contributed by atoms with Crippen LogP contribution in [0, 0.1) is 0 Å². The van der Waals surface area contributed by atoms with Crippen LogP contribution < -0.4 is 0 Å². The first-order valence-corrected chi connectivity index (χ1v) is 4.39. The lowest BCUT2D eigenvalue weighted by atomic mass is 10.5. The van der Waals surface area contributed by atoms with Crippen LogP contribution in [0.1, 0.15) is 16.4 Å². The molecule has 72 valence electrons. The summed E-state index contributed by atoms with van der Waals surface area (Å²) >= 11 is 1.75. The van der Waals surface area contributed by atoms with Gasteiger partial charge >= 0.3 is 0 Å². The maximum Gasteiger partial charge on any atom is 0.293 e. The molecule has 0 aromatic carbocycles. The van der Waals surface area contributed by atoms with Crippen LogP contribution in [-0.2, 0) is 9.67 Å². The fraction of sp³-hybridized carbons (Fsp3) is 0.500. The molecule has 1 N–H and O–H groups in total. The molecular weight excluding hydrogens is 287 g/mol. The summed E-state index contributed by atoms with van der Waals surface area (Å²) in [5.41, 5.74) is 0. The highest BCUT2D eigenvalue weighted by Gasteiger charge is 2.13. The molecule has 0 saturated carbocycles. The normalized spacial score (nSPS) is 10.1. The molecule has 13 heavy (non-hydrogen) atoms. The third-order valence-electron chi connectivity index (χ3n) is 1.32. The first kappa shape index (κ1) is 10.4. The van der Waals surface area contributed by atoms with E-state index in [2.05, 4.69) is 15.2 Å². The number of rotatable bonds is 3. The van der Waals surface area contributed by atoms with Gasteiger partial charge in [0.1, 0.15) is 29.6 Å². The van der Waals surface area contributed by atoms with Crippen LogP contribution >= 0.6 is 23.0 Å². The minimum Gasteiger partial charge on any atom is -0.342 e. The fourth-order valence-corrected chi connectivity index (χ4v) is 1.00. The number of carbonyl (C=O) groups is 1. The average Bonchev–Trinajstić information content (AvgIpc) is 2.52. The predicted octanol–water partition coefficient (Wildman–Crippen LogP) is 0.373. The van der Waals surface area contributed by atoms with Gasteiger partial charge in [0, 0.05) is 14.1 Å². The van der Waals surface area contributed by atoms with Gasteiger partial charge in [0.2, 0.25) is 5.82 Å². The highest BCUT2D eigenvalue weighted by Crippen LogP contribution is 1.99. The lowest BCUT2D eigenvalue weighted by molar-refractivity contribution is 0.0816. The van der Waals surface area contributed by atoms with Crippen molar-refractivity contribution in [2.75, 3.05) is 14.1 Å². The molecule has 0 bridgehead atoms. The van der Waals surface area contributed by atoms with E-state index in [0.717, 1.165) is 0 Å². The molecule has 0 aliphatic carbocycles. The van der Waals surface area contributed by atoms with E-state index in [1.165, 1.54) is 4.90 Å². The molecule has 1 amide bonds. The summed E-state index contributed by atoms with van der Waals surface area (Å²) in [6, 6.07) is 0. The van der Waals surface area contributed by atoms with Crippen LogP contribution in [0.2, 0.25) is 0 Å². The Morgan fingerprint density at radius 2 is 2.38 bits per heavy atom. The second-order valence-corrected chi connectivity index (χ2v) is 3.18. The zero-order valence-corrected chi connectivity index (χ0v) is 9.40. The first-order chi connectivity index (χ1) is 6.15. The van der Waals surface area contributed by atoms with Crippen molar-refractivity contribution in [3.05, 3.63) is 11.6 Å². The van der Waals surface area contributed by atoms with E-state index in [-0.39, 0.29) is 11.7 Å². The molecule has 0 unspecified atom stereocenters. The minimum atomic E-state index is -0.226. The highest BCUT2D eigenvalue weighted by atomic mass is 127. The number of H-pyrrole nitrogens is 1. The molecule has 0 aliphatic heterocycles. The maximum absolute atomic E-state index is 11.3. The maximum atomic E-state index is 11.3. The van der Waals surface area contributed by atoms with Crippen LogP contribution in [0.15, 0.2) is 0 Å². The van der Waals surface area contributed by atoms with Gasteiger partial charge in [0.15, 0.2) is 5.82 Å². The van der Waals surface area contributed by atoms with E-state index in [4.69, 9.17) is 3.07 Å². The molecule has 1 aromatic heterocycles. The van der Waals surface area contributed by atoms with Crippen molar-refractivity contribution in [1.29, 1.82) is 0 Å². The molecule has 1 heterocycles. The van der Waals surface area contributed by atoms with Gasteiger partial charge in [-0.15, -0.1) is 5.10 Å². The molecular formula is C6H9IN4O2. The van der Waals surface area contributed by atoms with Crippen LogP contribution in [-0.4, -0.2) is 40.1 Å². The van der Waals surface area contributed by atoms with E-state index >= 15 is 0 Å². The summed E-state index contributed by atoms with van der Waals surface area (Å²) in [6.45, 7) is 0.314. The number of aromatic amines is 1. The molecule has 0 fully saturated rings. The molecule has 0 aliphatic rings. The van der Waals surface area contributed by atoms with Crippen molar-refractivity contribution in [2.45, 2.75) is 6.61 Å². The van der Waals surface area contributed by atoms with Crippen molar-refractivity contribution in [1.82, 2.24) is 20.1 Å². The monoisotopic (exact) mass is 296 g/mol. The second kappa shape index (κ2) is 4.51. The van der Waals surface area contributed by atoms with Crippen molar-refractivity contribution in [3.8, 4) is 0 Å². The van der Waals surface area contributed by atoms with E-state index in [1.54, 1.807) is 37.1 Å². The van der Waals surface area contributed by atoms with Crippen LogP contribution in [0.3, 0.4) is 0 Å². The zero-order chi connectivity index (χ0) is 9.84. The fourth-order valence-electron chi connectivity index (χ4n) is 0.707. The molecule has 0 radical (unpaired) electrons. The van der Waals surface area contributed by atoms with Crippen LogP contribution in [0.25, 0.3) is 0 Å². The number of hydrogen-bond acceptors (Lipinski definition) is 4. The summed E-state index contributed by atoms with van der Waals surface area (Å²) in [4.78, 5) is 16.6. The van der Waals surface area contributed by atoms with E-state index in [1.807, 2.05) is 0 Å². The average molecular weight is 296 g/mol. The van der Waals surface area contributed by atoms with Gasteiger partial charge in [-0.25, -0.2) is 4.98 Å². The Balaban J connectivity index is 2.73. The van der Waals surface area contributed by atoms with Crippen molar-refractivity contribution >= 4 is 28.9 Å². The van der Waals surface area contributed by atoms with Crippen molar-refractivity contribution in [3.63, 3.8) is 0 Å². The number of halogens is 1. The lowest BCUT2D eigenvalue weighted by Gasteiger charge is -2.05. The summed E-state index contributed by atoms with van der Waals surface area (Å²) in [7, 11) is 3.29. The Morgan fingerprint density at radius 3 is 2.92 bits per heavy atom. The smallest absolute Gasteiger partial charge is 0.293 e. The molecule has 1 aromatic rings. The number of carbonyl (C=O) groups excluding carboxylic acids is 1. The molecule has 6 nitrogen and oxygen atoms in total. The number of nitrogens with one attached hydrogen (secondary N) is 1. The Hall–Kier alpha value is -0.700. The van der Waals surface area contributed by atoms with Gasteiger partial charge in [-0.1, -0.05) is 0 Å². The number of aromatic nitrogens is 3. The Kier molecular flexibility index (Phi) is 3.60. The second-order valence-electron chi connectivity index (χ2n) is 2.56. The summed E-state index contributed by atoms with van der Waals surface area (Å²) < 4.78 is 4.79. The van der Waals surface area contributed by atoms with Crippen LogP contribution in [0.5, 0.6) is 0 Å². The lowest BCUT2D eigenvalue weighted by Crippen LogP contribution is -2.22. The summed E-state index contributed by atoms with van der Waals surface area (Å²) in [5, 5.41) is 6.35. The van der Waals surface area contributed by atoms with E-state index in [0.29, 0.717) is 12.4 Å². The van der Waals surface area contributed by atoms with Gasteiger partial charge < -0.3 is 7.97 Å². The first-order valence-electron chi connectivity index (χ1n) is 3.51. The molecule has 0 saturated heterocycles. The third kappa shape index (κ3) is 2.62. The quantitative estimate of drug-likeness (QED) is 0.818. The third-order valence-corrected chi connectivity index (χ3v) is 1.63. The van der Waals surface area contributed by atoms with Crippen molar-refractivity contribution in [2.24, 2.45) is 0 Å². The zero-order valence-electron chi connectivity index (χ0n) is 7.24. The van der Waals surface area contributed by atoms with Crippen LogP contribution in [0.4, 0.5) is 0 Å². The Bertz CT molecular complexity index is 299. The summed E-state index contributed by atoms with van der Waals surface area (Å²) in [5.74, 6) is 0.476. The van der Waals surface area contributed by atoms with E-state index in [9.17, 15) is 4.79 Å². The van der Waals surface area contributed by atoms with Gasteiger partial charge in [-0.2, -0.15) is 0 Å². The number of hydrogen-bond donors (Lipinski definition) is 1. The molecule has 0 atom stereocenters. The largest absolute Gasteiger partial charge is 0.342 e. The van der Waals surface area contributed by atoms with Gasteiger partial charge in [0.05, 0.1) is 0 Å². The minimum absolute atomic E-state index is 0.161. The highest BCUT2D eigenvalue weighted by molar-refractivity contribution is 14.1. The van der Waals surface area contributed by atoms with E-state index < -0.39 is 0 Å². The standard InChI is InChI=1S/C6H9IN4O2/c1-11(2)6(12)5-8-4(3-13-7)9-10-5/h3H2,1-2H3,(H,8,9,10). The number of nitrogens with zero attached hydrogens (tertiary/aromatic N) is 3. The van der Waals surface area contributed by atoms with Gasteiger partial charge in [-0.05, 0) is 0 Å². The molecule has 7 heteroatoms. The Morgan fingerprint density at radius 1 is 1.69 bits per heavy atom. The predicted molar refractivity (Wildman–Crippen MR) is 53.2 cm³/mol. The Labute approximate surface area is 89.4 Å². The van der Waals surface area contributed by atoms with Gasteiger partial charge in [-0.3, -0.25) is 9.89 Å². The number of amides is 1. The SMILES string of the molecule is CN(C)C(=O)c1n[nH]c(COI)n1. The molecule has 1 rings (SSSR count).